The van der Waals surface area contributed by atoms with Crippen molar-refractivity contribution in [1.29, 1.82) is 5.26 Å². The third-order valence-electron chi connectivity index (χ3n) is 1.91. The zero-order chi connectivity index (χ0) is 10.6. The summed E-state index contributed by atoms with van der Waals surface area (Å²) in [6, 6.07) is 1.84. The van der Waals surface area contributed by atoms with Crippen molar-refractivity contribution < 1.29 is 19.0 Å². The third kappa shape index (κ3) is 2.16. The van der Waals surface area contributed by atoms with Gasteiger partial charge in [0.25, 0.3) is 0 Å². The number of carbonyl (C=O) groups is 1. The monoisotopic (exact) mass is 197 g/mol. The Morgan fingerprint density at radius 1 is 1.64 bits per heavy atom. The van der Waals surface area contributed by atoms with Crippen molar-refractivity contribution in [2.75, 3.05) is 7.11 Å². The Morgan fingerprint density at radius 3 is 2.64 bits per heavy atom. The second-order valence-electron chi connectivity index (χ2n) is 3.05. The molecule has 1 unspecified atom stereocenters. The first-order chi connectivity index (χ1) is 6.61. The fraction of sp³-hybridized carbons (Fsp3) is 0.556. The van der Waals surface area contributed by atoms with Crippen LogP contribution in [0.25, 0.3) is 0 Å². The van der Waals surface area contributed by atoms with Crippen molar-refractivity contribution in [2.45, 2.75) is 19.1 Å². The number of nitrogens with zero attached hydrogens (tertiary/aromatic N) is 1. The lowest BCUT2D eigenvalue weighted by Crippen LogP contribution is -2.31. The number of rotatable bonds is 3. The van der Waals surface area contributed by atoms with E-state index in [1.807, 2.05) is 6.07 Å². The summed E-state index contributed by atoms with van der Waals surface area (Å²) < 4.78 is 14.7. The molecule has 0 aromatic heterocycles. The number of carbonyl (C=O) groups excluding carboxylic acids is 1. The molecule has 14 heavy (non-hydrogen) atoms. The fourth-order valence-corrected chi connectivity index (χ4v) is 1.16. The van der Waals surface area contributed by atoms with Crippen LogP contribution in [0.4, 0.5) is 0 Å². The number of hydrogen-bond acceptors (Lipinski definition) is 5. The predicted octanol–water partition coefficient (Wildman–Crippen LogP) is 0.923. The smallest absolute Gasteiger partial charge is 0.323 e. The Hall–Kier alpha value is -1.70. The number of esters is 1. The zero-order valence-corrected chi connectivity index (χ0v) is 8.02. The summed E-state index contributed by atoms with van der Waals surface area (Å²) in [6.45, 7) is 1.65. The van der Waals surface area contributed by atoms with Gasteiger partial charge >= 0.3 is 5.97 Å². The summed E-state index contributed by atoms with van der Waals surface area (Å²) in [4.78, 5) is 11.1. The van der Waals surface area contributed by atoms with E-state index in [4.69, 9.17) is 14.7 Å². The van der Waals surface area contributed by atoms with Crippen molar-refractivity contribution in [3.63, 3.8) is 0 Å². The standard InChI is InChI=1S/C9H11NO4/c1-9(13-3-4-14-9)5-7(6-10)8(11)12-2/h3-4,7H,5H2,1-2H3. The number of ether oxygens (including phenoxy) is 3. The SMILES string of the molecule is COC(=O)C(C#N)CC1(C)OC=CO1. The van der Waals surface area contributed by atoms with E-state index in [9.17, 15) is 4.79 Å². The van der Waals surface area contributed by atoms with E-state index in [0.717, 1.165) is 0 Å². The Bertz CT molecular complexity index is 284. The van der Waals surface area contributed by atoms with Crippen molar-refractivity contribution in [3.8, 4) is 6.07 Å². The van der Waals surface area contributed by atoms with Crippen LogP contribution in [0.2, 0.25) is 0 Å². The third-order valence-corrected chi connectivity index (χ3v) is 1.91. The van der Waals surface area contributed by atoms with Crippen molar-refractivity contribution in [1.82, 2.24) is 0 Å². The molecule has 0 aliphatic carbocycles. The predicted molar refractivity (Wildman–Crippen MR) is 45.5 cm³/mol. The van der Waals surface area contributed by atoms with Crippen LogP contribution in [0.15, 0.2) is 12.5 Å². The summed E-state index contributed by atoms with van der Waals surface area (Å²) in [7, 11) is 1.24. The lowest BCUT2D eigenvalue weighted by atomic mass is 10.0. The van der Waals surface area contributed by atoms with Gasteiger partial charge in [0, 0.05) is 6.92 Å². The van der Waals surface area contributed by atoms with Crippen LogP contribution in [-0.2, 0) is 19.0 Å². The lowest BCUT2D eigenvalue weighted by molar-refractivity contribution is -0.158. The average molecular weight is 197 g/mol. The van der Waals surface area contributed by atoms with Gasteiger partial charge in [-0.3, -0.25) is 4.79 Å². The molecule has 1 aliphatic heterocycles. The van der Waals surface area contributed by atoms with Crippen LogP contribution in [0.3, 0.4) is 0 Å². The molecule has 5 heteroatoms. The quantitative estimate of drug-likeness (QED) is 0.629. The fourth-order valence-electron chi connectivity index (χ4n) is 1.16. The van der Waals surface area contributed by atoms with E-state index in [1.54, 1.807) is 6.92 Å². The first-order valence-corrected chi connectivity index (χ1v) is 4.09. The average Bonchev–Trinajstić information content (AvgIpc) is 2.61. The van der Waals surface area contributed by atoms with Gasteiger partial charge in [-0.1, -0.05) is 0 Å². The van der Waals surface area contributed by atoms with Crippen LogP contribution in [0.5, 0.6) is 0 Å². The topological polar surface area (TPSA) is 68.6 Å². The Morgan fingerprint density at radius 2 is 2.21 bits per heavy atom. The van der Waals surface area contributed by atoms with Gasteiger partial charge in [0.05, 0.1) is 19.6 Å². The van der Waals surface area contributed by atoms with E-state index < -0.39 is 17.7 Å². The molecule has 0 spiro atoms. The van der Waals surface area contributed by atoms with Gasteiger partial charge in [0.1, 0.15) is 12.5 Å². The van der Waals surface area contributed by atoms with Gasteiger partial charge in [-0.25, -0.2) is 0 Å². The van der Waals surface area contributed by atoms with Gasteiger partial charge in [-0.2, -0.15) is 5.26 Å². The Kier molecular flexibility index (Phi) is 2.97. The van der Waals surface area contributed by atoms with Crippen molar-refractivity contribution >= 4 is 5.97 Å². The molecule has 1 rings (SSSR count). The minimum absolute atomic E-state index is 0.142. The molecular formula is C9H11NO4. The largest absolute Gasteiger partial charge is 0.468 e. The maximum absolute atomic E-state index is 11.1. The van der Waals surface area contributed by atoms with E-state index in [1.165, 1.54) is 19.6 Å². The lowest BCUT2D eigenvalue weighted by Gasteiger charge is -2.23. The molecule has 0 aromatic rings. The Labute approximate surface area is 81.9 Å². The molecular weight excluding hydrogens is 186 g/mol. The van der Waals surface area contributed by atoms with Gasteiger partial charge < -0.3 is 14.2 Å². The van der Waals surface area contributed by atoms with Crippen LogP contribution in [0, 0.1) is 17.2 Å². The summed E-state index contributed by atoms with van der Waals surface area (Å²) in [6.07, 6.45) is 2.90. The molecule has 1 aliphatic rings. The minimum atomic E-state index is -0.936. The van der Waals surface area contributed by atoms with Gasteiger partial charge in [0.2, 0.25) is 5.79 Å². The van der Waals surface area contributed by atoms with Crippen LogP contribution >= 0.6 is 0 Å². The molecule has 0 fully saturated rings. The normalized spacial score (nSPS) is 18.9. The second kappa shape index (κ2) is 4.01. The molecule has 0 N–H and O–H groups in total. The highest BCUT2D eigenvalue weighted by Gasteiger charge is 2.36. The van der Waals surface area contributed by atoms with Gasteiger partial charge in [0.15, 0.2) is 5.92 Å². The highest BCUT2D eigenvalue weighted by molar-refractivity contribution is 5.75. The molecule has 1 heterocycles. The minimum Gasteiger partial charge on any atom is -0.468 e. The molecule has 5 nitrogen and oxygen atoms in total. The first-order valence-electron chi connectivity index (χ1n) is 4.09. The molecule has 76 valence electrons. The van der Waals surface area contributed by atoms with E-state index in [-0.39, 0.29) is 6.42 Å². The van der Waals surface area contributed by atoms with E-state index >= 15 is 0 Å². The van der Waals surface area contributed by atoms with Gasteiger partial charge in [-0.15, -0.1) is 0 Å². The van der Waals surface area contributed by atoms with Crippen LogP contribution in [0.1, 0.15) is 13.3 Å². The summed E-state index contributed by atoms with van der Waals surface area (Å²) in [5.41, 5.74) is 0. The number of hydrogen-bond donors (Lipinski definition) is 0. The van der Waals surface area contributed by atoms with Gasteiger partial charge in [-0.05, 0) is 0 Å². The van der Waals surface area contributed by atoms with Crippen molar-refractivity contribution in [3.05, 3.63) is 12.5 Å². The second-order valence-corrected chi connectivity index (χ2v) is 3.05. The van der Waals surface area contributed by atoms with E-state index in [2.05, 4.69) is 4.74 Å². The van der Waals surface area contributed by atoms with Crippen molar-refractivity contribution in [2.24, 2.45) is 5.92 Å². The molecule has 0 aromatic carbocycles. The molecule has 0 saturated heterocycles. The molecule has 1 atom stereocenters. The summed E-state index contributed by atoms with van der Waals surface area (Å²) in [5.74, 6) is -2.38. The number of methoxy groups -OCH3 is 1. The molecule has 0 amide bonds. The zero-order valence-electron chi connectivity index (χ0n) is 8.02. The highest BCUT2D eigenvalue weighted by atomic mass is 16.7. The highest BCUT2D eigenvalue weighted by Crippen LogP contribution is 2.27. The number of nitriles is 1. The van der Waals surface area contributed by atoms with E-state index in [0.29, 0.717) is 0 Å². The molecule has 0 radical (unpaired) electrons. The van der Waals surface area contributed by atoms with Crippen LogP contribution < -0.4 is 0 Å². The molecule has 0 bridgehead atoms. The maximum Gasteiger partial charge on any atom is 0.323 e. The summed E-state index contributed by atoms with van der Waals surface area (Å²) in [5, 5.41) is 8.72. The summed E-state index contributed by atoms with van der Waals surface area (Å²) >= 11 is 0. The first kappa shape index (κ1) is 10.4. The Balaban J connectivity index is 2.57. The molecule has 0 saturated carbocycles. The van der Waals surface area contributed by atoms with Crippen LogP contribution in [-0.4, -0.2) is 18.9 Å². The maximum atomic E-state index is 11.1.